The summed E-state index contributed by atoms with van der Waals surface area (Å²) in [7, 11) is 0. The van der Waals surface area contributed by atoms with Crippen molar-refractivity contribution in [3.8, 4) is 0 Å². The van der Waals surface area contributed by atoms with E-state index >= 15 is 9.59 Å². The minimum atomic E-state index is -0.245. The molecule has 2 amide bonds. The first-order chi connectivity index (χ1) is 34.0. The Hall–Kier alpha value is -3.88. The summed E-state index contributed by atoms with van der Waals surface area (Å²) in [5, 5.41) is 14.6. The number of furan rings is 1. The Bertz CT molecular complexity index is 2540. The van der Waals surface area contributed by atoms with E-state index in [-0.39, 0.29) is 28.4 Å². The van der Waals surface area contributed by atoms with E-state index in [2.05, 4.69) is 95.2 Å². The van der Waals surface area contributed by atoms with Crippen molar-refractivity contribution in [1.82, 2.24) is 9.80 Å². The molecule has 8 heteroatoms. The third kappa shape index (κ3) is 13.7. The van der Waals surface area contributed by atoms with Crippen LogP contribution in [0.5, 0.6) is 0 Å². The Balaban J connectivity index is 1.48. The monoisotopic (exact) mass is 1000 g/mol. The topological polar surface area (TPSA) is 74.0 Å². The number of unbranched alkanes of at least 4 members (excludes halogenated alkanes) is 11. The van der Waals surface area contributed by atoms with Crippen molar-refractivity contribution in [1.29, 1.82) is 0 Å². The molecule has 0 saturated carbocycles. The Morgan fingerprint density at radius 2 is 1.20 bits per heavy atom. The van der Waals surface area contributed by atoms with Crippen molar-refractivity contribution in [2.45, 2.75) is 229 Å². The molecule has 4 aromatic rings. The number of fused-ring (bicyclic) bond motifs is 4. The molecule has 1 aromatic carbocycles. The fourth-order valence-electron chi connectivity index (χ4n) is 10.8. The summed E-state index contributed by atoms with van der Waals surface area (Å²) in [6.07, 6.45) is 29.5. The number of benzene rings is 1. The van der Waals surface area contributed by atoms with E-state index in [0.29, 0.717) is 53.2 Å². The lowest BCUT2D eigenvalue weighted by Gasteiger charge is -2.29. The molecule has 71 heavy (non-hydrogen) atoms. The summed E-state index contributed by atoms with van der Waals surface area (Å²) in [5.41, 5.74) is 4.77. The molecule has 390 valence electrons. The molecule has 2 unspecified atom stereocenters. The van der Waals surface area contributed by atoms with Crippen molar-refractivity contribution >= 4 is 66.1 Å². The molecule has 0 bridgehead atoms. The fourth-order valence-corrected chi connectivity index (χ4v) is 13.3. The number of thiophene rings is 2. The summed E-state index contributed by atoms with van der Waals surface area (Å²) in [6.45, 7) is 27.9. The third-order valence-corrected chi connectivity index (χ3v) is 18.1. The smallest absolute Gasteiger partial charge is 0.261 e. The molecule has 3 aromatic heterocycles. The Labute approximate surface area is 438 Å². The zero-order valence-electron chi connectivity index (χ0n) is 46.3. The zero-order chi connectivity index (χ0) is 51.5. The molecule has 5 heterocycles. The normalized spacial score (nSPS) is 15.9. The van der Waals surface area contributed by atoms with Gasteiger partial charge in [0.05, 0.1) is 31.1 Å². The number of nitrogens with zero attached hydrogens (tertiary/aromatic N) is 2. The second kappa shape index (κ2) is 25.9. The predicted molar refractivity (Wildman–Crippen MR) is 307 cm³/mol. The largest absolute Gasteiger partial charge is 0.506 e. The SMILES string of the molecule is CCCCCCc1c(C)c2cc(C(C)(C)C)sc2c2sc(/C(O)=C/C=C/C3=C4C(=O)N(CC(CCCC)CCCCCC)C(c5ccc(C(C)(C)C)o5)=C4C(=O)N3CC(CCCC)CCCCCC)cc12. The summed E-state index contributed by atoms with van der Waals surface area (Å²) < 4.78 is 9.26. The number of hydrogen-bond donors (Lipinski definition) is 1. The van der Waals surface area contributed by atoms with Gasteiger partial charge in [-0.05, 0) is 121 Å². The van der Waals surface area contributed by atoms with Gasteiger partial charge >= 0.3 is 0 Å². The molecule has 0 radical (unpaired) electrons. The van der Waals surface area contributed by atoms with E-state index in [9.17, 15) is 5.11 Å². The number of allylic oxidation sites excluding steroid dienone is 3. The average Bonchev–Trinajstić information content (AvgIpc) is 4.18. The molecule has 0 spiro atoms. The van der Waals surface area contributed by atoms with Crippen LogP contribution in [0.2, 0.25) is 0 Å². The zero-order valence-corrected chi connectivity index (χ0v) is 48.0. The van der Waals surface area contributed by atoms with Crippen LogP contribution in [0.1, 0.15) is 237 Å². The van der Waals surface area contributed by atoms with Crippen molar-refractivity contribution in [3.63, 3.8) is 0 Å². The van der Waals surface area contributed by atoms with Crippen LogP contribution in [0.4, 0.5) is 0 Å². The lowest BCUT2D eigenvalue weighted by molar-refractivity contribution is -0.124. The Morgan fingerprint density at radius 1 is 0.648 bits per heavy atom. The fraction of sp³-hybridized carbons (Fsp3) is 0.619. The second-order valence-electron chi connectivity index (χ2n) is 23.2. The van der Waals surface area contributed by atoms with Crippen LogP contribution in [0, 0.1) is 18.8 Å². The summed E-state index contributed by atoms with van der Waals surface area (Å²) in [4.78, 5) is 36.9. The first-order valence-corrected chi connectivity index (χ1v) is 29.9. The highest BCUT2D eigenvalue weighted by molar-refractivity contribution is 7.27. The van der Waals surface area contributed by atoms with Gasteiger partial charge in [0, 0.05) is 23.4 Å². The van der Waals surface area contributed by atoms with Gasteiger partial charge in [-0.25, -0.2) is 0 Å². The number of hydrogen-bond acceptors (Lipinski definition) is 6. The van der Waals surface area contributed by atoms with Gasteiger partial charge in [0.25, 0.3) is 11.8 Å². The van der Waals surface area contributed by atoms with E-state index in [1.54, 1.807) is 17.4 Å². The van der Waals surface area contributed by atoms with E-state index in [4.69, 9.17) is 4.42 Å². The molecule has 6 rings (SSSR count). The van der Waals surface area contributed by atoms with E-state index in [1.807, 2.05) is 45.4 Å². The lowest BCUT2D eigenvalue weighted by atomic mass is 9.92. The van der Waals surface area contributed by atoms with Crippen LogP contribution in [0.15, 0.2) is 63.8 Å². The first kappa shape index (κ1) is 56.4. The van der Waals surface area contributed by atoms with Gasteiger partial charge < -0.3 is 19.3 Å². The van der Waals surface area contributed by atoms with Gasteiger partial charge in [-0.3, -0.25) is 9.59 Å². The van der Waals surface area contributed by atoms with Crippen molar-refractivity contribution in [2.75, 3.05) is 13.1 Å². The standard InChI is InChI=1S/C63H92N2O4S2/c1-13-18-23-26-32-44(30-21-16-4)41-64-49(35-29-36-50(66)52-39-48-46(34-28-25-20-15-3)43(6)47-40-54(63(10,11)12)71-58(47)59(48)70-52)55-56(61(64)68)57(51-37-38-53(69-51)62(7,8)9)65(60(55)67)42-45(31-22-17-5)33-27-24-19-14-2/h29,35-40,44-45,66H,13-28,30-34,41-42H2,1-12H3/b35-29+,50-36-. The second-order valence-corrected chi connectivity index (χ2v) is 25.3. The van der Waals surface area contributed by atoms with Gasteiger partial charge in [0.2, 0.25) is 0 Å². The van der Waals surface area contributed by atoms with Gasteiger partial charge in [-0.1, -0.05) is 179 Å². The lowest BCUT2D eigenvalue weighted by Crippen LogP contribution is -2.35. The highest BCUT2D eigenvalue weighted by Crippen LogP contribution is 2.48. The highest BCUT2D eigenvalue weighted by atomic mass is 32.1. The van der Waals surface area contributed by atoms with Crippen LogP contribution in [-0.4, -0.2) is 39.8 Å². The van der Waals surface area contributed by atoms with Gasteiger partial charge in [-0.15, -0.1) is 22.7 Å². The van der Waals surface area contributed by atoms with Gasteiger partial charge in [-0.2, -0.15) is 0 Å². The Kier molecular flexibility index (Phi) is 20.6. The Morgan fingerprint density at radius 3 is 1.76 bits per heavy atom. The first-order valence-electron chi connectivity index (χ1n) is 28.3. The molecule has 2 atom stereocenters. The molecular formula is C63H92N2O4S2. The van der Waals surface area contributed by atoms with Gasteiger partial charge in [0.15, 0.2) is 5.76 Å². The van der Waals surface area contributed by atoms with E-state index < -0.39 is 0 Å². The van der Waals surface area contributed by atoms with E-state index in [0.717, 1.165) is 87.7 Å². The number of aryl methyl sites for hydroxylation is 2. The minimum absolute atomic E-state index is 0.0405. The molecule has 6 nitrogen and oxygen atoms in total. The molecule has 1 N–H and O–H groups in total. The van der Waals surface area contributed by atoms with E-state index in [1.165, 1.54) is 94.0 Å². The predicted octanol–water partition coefficient (Wildman–Crippen LogP) is 19.1. The maximum absolute atomic E-state index is 15.4. The number of carbonyl (C=O) groups is 2. The maximum atomic E-state index is 15.4. The molecule has 0 fully saturated rings. The average molecular weight is 1010 g/mol. The van der Waals surface area contributed by atoms with Crippen LogP contribution in [-0.2, 0) is 26.8 Å². The van der Waals surface area contributed by atoms with Crippen molar-refractivity contribution < 1.29 is 19.1 Å². The maximum Gasteiger partial charge on any atom is 0.261 e. The number of aliphatic hydroxyl groups excluding tert-OH is 1. The van der Waals surface area contributed by atoms with Gasteiger partial charge in [0.1, 0.15) is 17.2 Å². The van der Waals surface area contributed by atoms with Crippen molar-refractivity contribution in [2.24, 2.45) is 11.8 Å². The number of carbonyl (C=O) groups excluding carboxylic acids is 2. The number of aliphatic hydroxyl groups is 1. The van der Waals surface area contributed by atoms with Crippen LogP contribution < -0.4 is 0 Å². The van der Waals surface area contributed by atoms with Crippen LogP contribution in [0.25, 0.3) is 31.6 Å². The number of rotatable bonds is 29. The molecular weight excluding hydrogens is 913 g/mol. The van der Waals surface area contributed by atoms with Crippen LogP contribution >= 0.6 is 22.7 Å². The molecule has 0 saturated heterocycles. The summed E-state index contributed by atoms with van der Waals surface area (Å²) in [6, 6.07) is 8.62. The molecule has 0 aliphatic carbocycles. The quantitative estimate of drug-likeness (QED) is 0.0334. The summed E-state index contributed by atoms with van der Waals surface area (Å²) >= 11 is 3.57. The van der Waals surface area contributed by atoms with Crippen LogP contribution in [0.3, 0.4) is 0 Å². The minimum Gasteiger partial charge on any atom is -0.506 e. The third-order valence-electron chi connectivity index (χ3n) is 15.2. The number of amides is 2. The van der Waals surface area contributed by atoms with Crippen molar-refractivity contribution in [3.05, 3.63) is 91.7 Å². The highest BCUT2D eigenvalue weighted by Gasteiger charge is 2.49. The molecule has 2 aliphatic heterocycles. The molecule has 2 aliphatic rings. The summed E-state index contributed by atoms with van der Waals surface area (Å²) in [5.74, 6) is 2.00.